The first-order valence-corrected chi connectivity index (χ1v) is 8.20. The van der Waals surface area contributed by atoms with E-state index in [0.29, 0.717) is 22.3 Å². The normalized spacial score (nSPS) is 19.1. The summed E-state index contributed by atoms with van der Waals surface area (Å²) in [5.41, 5.74) is 0.902. The van der Waals surface area contributed by atoms with E-state index in [1.807, 2.05) is 11.0 Å². The van der Waals surface area contributed by atoms with E-state index < -0.39 is 0 Å². The van der Waals surface area contributed by atoms with Gasteiger partial charge in [0.15, 0.2) is 0 Å². The van der Waals surface area contributed by atoms with E-state index in [-0.39, 0.29) is 11.9 Å². The number of halogens is 3. The van der Waals surface area contributed by atoms with Crippen LogP contribution in [0.25, 0.3) is 0 Å². The number of likely N-dealkylation sites (tertiary alicyclic amines) is 1. The molecule has 0 aliphatic carbocycles. The highest BCUT2D eigenvalue weighted by Crippen LogP contribution is 2.25. The molecular weight excluding hydrogens is 317 g/mol. The first kappa shape index (κ1) is 15.9. The first-order valence-electron chi connectivity index (χ1n) is 6.91. The minimum atomic E-state index is 0.151. The van der Waals surface area contributed by atoms with E-state index in [1.54, 1.807) is 12.1 Å². The molecular formula is C15H18Cl3NO. The van der Waals surface area contributed by atoms with Crippen molar-refractivity contribution in [3.8, 4) is 0 Å². The Morgan fingerprint density at radius 2 is 2.05 bits per heavy atom. The monoisotopic (exact) mass is 333 g/mol. The maximum absolute atomic E-state index is 12.5. The molecule has 0 saturated carbocycles. The lowest BCUT2D eigenvalue weighted by Gasteiger charge is -2.35. The maximum Gasteiger partial charge on any atom is 0.227 e. The predicted octanol–water partition coefficient (Wildman–Crippen LogP) is 4.55. The van der Waals surface area contributed by atoms with Crippen LogP contribution in [0.4, 0.5) is 0 Å². The number of hydrogen-bond acceptors (Lipinski definition) is 1. The number of nitrogens with zero attached hydrogens (tertiary/aromatic N) is 1. The van der Waals surface area contributed by atoms with Crippen LogP contribution in [-0.4, -0.2) is 29.3 Å². The summed E-state index contributed by atoms with van der Waals surface area (Å²) in [6, 6.07) is 5.64. The van der Waals surface area contributed by atoms with Gasteiger partial charge in [0, 0.05) is 18.5 Å². The second-order valence-corrected chi connectivity index (χ2v) is 6.33. The molecule has 1 heterocycles. The number of carbonyl (C=O) groups is 1. The fourth-order valence-electron chi connectivity index (χ4n) is 2.68. The number of piperidine rings is 1. The average Bonchev–Trinajstić information content (AvgIpc) is 2.44. The van der Waals surface area contributed by atoms with Crippen LogP contribution in [0.15, 0.2) is 18.2 Å². The lowest BCUT2D eigenvalue weighted by atomic mass is 9.99. The summed E-state index contributed by atoms with van der Waals surface area (Å²) in [7, 11) is 0. The standard InChI is InChI=1S/C15H18Cl3NO/c16-7-6-12-3-1-2-8-19(12)15(20)10-11-4-5-13(17)14(18)9-11/h4-5,9,12H,1-3,6-8,10H2. The number of amides is 1. The maximum atomic E-state index is 12.5. The Morgan fingerprint density at radius 1 is 1.25 bits per heavy atom. The zero-order valence-corrected chi connectivity index (χ0v) is 13.5. The predicted molar refractivity (Wildman–Crippen MR) is 84.9 cm³/mol. The molecule has 1 amide bonds. The van der Waals surface area contributed by atoms with E-state index in [1.165, 1.54) is 6.42 Å². The molecule has 1 aromatic carbocycles. The Hall–Kier alpha value is -0.440. The average molecular weight is 335 g/mol. The van der Waals surface area contributed by atoms with Crippen molar-refractivity contribution in [2.24, 2.45) is 0 Å². The number of carbonyl (C=O) groups excluding carboxylic acids is 1. The number of hydrogen-bond donors (Lipinski definition) is 0. The van der Waals surface area contributed by atoms with Gasteiger partial charge in [-0.25, -0.2) is 0 Å². The number of alkyl halides is 1. The van der Waals surface area contributed by atoms with E-state index >= 15 is 0 Å². The Labute approximate surface area is 135 Å². The van der Waals surface area contributed by atoms with Gasteiger partial charge in [0.1, 0.15) is 0 Å². The van der Waals surface area contributed by atoms with Crippen molar-refractivity contribution >= 4 is 40.7 Å². The highest BCUT2D eigenvalue weighted by Gasteiger charge is 2.26. The molecule has 1 aliphatic heterocycles. The molecule has 0 N–H and O–H groups in total. The van der Waals surface area contributed by atoms with E-state index in [2.05, 4.69) is 0 Å². The van der Waals surface area contributed by atoms with Crippen molar-refractivity contribution < 1.29 is 4.79 Å². The quantitative estimate of drug-likeness (QED) is 0.740. The van der Waals surface area contributed by atoms with Gasteiger partial charge in [0.05, 0.1) is 16.5 Å². The van der Waals surface area contributed by atoms with Crippen LogP contribution in [0.5, 0.6) is 0 Å². The van der Waals surface area contributed by atoms with Gasteiger partial charge in [-0.05, 0) is 43.4 Å². The van der Waals surface area contributed by atoms with E-state index in [4.69, 9.17) is 34.8 Å². The van der Waals surface area contributed by atoms with Crippen LogP contribution < -0.4 is 0 Å². The summed E-state index contributed by atoms with van der Waals surface area (Å²) in [5.74, 6) is 0.750. The molecule has 2 rings (SSSR count). The third-order valence-electron chi connectivity index (χ3n) is 3.73. The fourth-order valence-corrected chi connectivity index (χ4v) is 3.25. The Morgan fingerprint density at radius 3 is 2.75 bits per heavy atom. The third kappa shape index (κ3) is 4.03. The second-order valence-electron chi connectivity index (χ2n) is 5.14. The summed E-state index contributed by atoms with van der Waals surface area (Å²) in [4.78, 5) is 14.4. The topological polar surface area (TPSA) is 20.3 Å². The molecule has 20 heavy (non-hydrogen) atoms. The summed E-state index contributed by atoms with van der Waals surface area (Å²) in [6.45, 7) is 0.835. The van der Waals surface area contributed by atoms with Gasteiger partial charge in [-0.15, -0.1) is 11.6 Å². The van der Waals surface area contributed by atoms with Gasteiger partial charge in [0.2, 0.25) is 5.91 Å². The SMILES string of the molecule is O=C(Cc1ccc(Cl)c(Cl)c1)N1CCCCC1CCCl. The lowest BCUT2D eigenvalue weighted by molar-refractivity contribution is -0.134. The highest BCUT2D eigenvalue weighted by molar-refractivity contribution is 6.42. The van der Waals surface area contributed by atoms with Gasteiger partial charge in [-0.2, -0.15) is 0 Å². The molecule has 1 fully saturated rings. The molecule has 1 aromatic rings. The minimum absolute atomic E-state index is 0.151. The molecule has 1 aliphatic rings. The zero-order valence-electron chi connectivity index (χ0n) is 11.2. The number of rotatable bonds is 4. The van der Waals surface area contributed by atoms with Crippen molar-refractivity contribution in [1.82, 2.24) is 4.90 Å². The molecule has 1 unspecified atom stereocenters. The molecule has 0 bridgehead atoms. The number of benzene rings is 1. The second kappa shape index (κ2) is 7.53. The molecule has 1 atom stereocenters. The first-order chi connectivity index (χ1) is 9.61. The lowest BCUT2D eigenvalue weighted by Crippen LogP contribution is -2.44. The van der Waals surface area contributed by atoms with Gasteiger partial charge in [0.25, 0.3) is 0 Å². The van der Waals surface area contributed by atoms with Gasteiger partial charge in [-0.1, -0.05) is 29.3 Å². The van der Waals surface area contributed by atoms with Crippen LogP contribution in [0.1, 0.15) is 31.2 Å². The van der Waals surface area contributed by atoms with Crippen LogP contribution in [-0.2, 0) is 11.2 Å². The summed E-state index contributed by atoms with van der Waals surface area (Å²) in [6.07, 6.45) is 4.55. The van der Waals surface area contributed by atoms with Crippen molar-refractivity contribution in [3.63, 3.8) is 0 Å². The Balaban J connectivity index is 2.03. The summed E-state index contributed by atoms with van der Waals surface area (Å²) < 4.78 is 0. The molecule has 5 heteroatoms. The zero-order chi connectivity index (χ0) is 14.5. The highest BCUT2D eigenvalue weighted by atomic mass is 35.5. The van der Waals surface area contributed by atoms with Gasteiger partial charge < -0.3 is 4.90 Å². The largest absolute Gasteiger partial charge is 0.339 e. The van der Waals surface area contributed by atoms with Gasteiger partial charge in [-0.3, -0.25) is 4.79 Å². The van der Waals surface area contributed by atoms with Crippen molar-refractivity contribution in [3.05, 3.63) is 33.8 Å². The van der Waals surface area contributed by atoms with E-state index in [0.717, 1.165) is 31.4 Å². The van der Waals surface area contributed by atoms with E-state index in [9.17, 15) is 4.79 Å². The van der Waals surface area contributed by atoms with Crippen molar-refractivity contribution in [2.45, 2.75) is 38.1 Å². The fraction of sp³-hybridized carbons (Fsp3) is 0.533. The Bertz CT molecular complexity index is 476. The Kier molecular flexibility index (Phi) is 6.01. The molecule has 0 aromatic heterocycles. The van der Waals surface area contributed by atoms with Crippen LogP contribution in [0, 0.1) is 0 Å². The third-order valence-corrected chi connectivity index (χ3v) is 4.69. The van der Waals surface area contributed by atoms with Crippen molar-refractivity contribution in [2.75, 3.05) is 12.4 Å². The minimum Gasteiger partial charge on any atom is -0.339 e. The molecule has 1 saturated heterocycles. The molecule has 0 radical (unpaired) electrons. The van der Waals surface area contributed by atoms with Crippen molar-refractivity contribution in [1.29, 1.82) is 0 Å². The summed E-state index contributed by atoms with van der Waals surface area (Å²) in [5, 5.41) is 1.01. The smallest absolute Gasteiger partial charge is 0.227 e. The molecule has 2 nitrogen and oxygen atoms in total. The molecule has 0 spiro atoms. The van der Waals surface area contributed by atoms with Crippen LogP contribution >= 0.6 is 34.8 Å². The summed E-state index contributed by atoms with van der Waals surface area (Å²) >= 11 is 17.7. The van der Waals surface area contributed by atoms with Crippen LogP contribution in [0.2, 0.25) is 10.0 Å². The molecule has 110 valence electrons. The van der Waals surface area contributed by atoms with Crippen LogP contribution in [0.3, 0.4) is 0 Å². The van der Waals surface area contributed by atoms with Gasteiger partial charge >= 0.3 is 0 Å².